The smallest absolute Gasteiger partial charge is 0.269 e. The Bertz CT molecular complexity index is 193. The Kier molecular flexibility index (Phi) is 9.11. The second kappa shape index (κ2) is 9.68. The van der Waals surface area contributed by atoms with Gasteiger partial charge in [-0.05, 0) is 25.8 Å². The Morgan fingerprint density at radius 1 is 1.40 bits per heavy atom. The van der Waals surface area contributed by atoms with Gasteiger partial charge in [0.05, 0.1) is 0 Å². The first kappa shape index (κ1) is 14.1. The Morgan fingerprint density at radius 2 is 2.13 bits per heavy atom. The summed E-state index contributed by atoms with van der Waals surface area (Å²) in [6.07, 6.45) is 8.18. The van der Waals surface area contributed by atoms with Crippen molar-refractivity contribution in [1.82, 2.24) is 5.06 Å². The molecule has 0 radical (unpaired) electrons. The first-order chi connectivity index (χ1) is 7.22. The van der Waals surface area contributed by atoms with Gasteiger partial charge in [-0.2, -0.15) is 0 Å². The van der Waals surface area contributed by atoms with Crippen LogP contribution in [0.25, 0.3) is 0 Å². The van der Waals surface area contributed by atoms with Crippen LogP contribution in [0.4, 0.5) is 0 Å². The van der Waals surface area contributed by atoms with Gasteiger partial charge in [0.15, 0.2) is 0 Å². The summed E-state index contributed by atoms with van der Waals surface area (Å²) in [4.78, 5) is 11.2. The van der Waals surface area contributed by atoms with E-state index in [9.17, 15) is 10.0 Å². The van der Waals surface area contributed by atoms with Gasteiger partial charge < -0.3 is 5.73 Å². The number of amides is 1. The largest absolute Gasteiger partial charge is 0.330 e. The topological polar surface area (TPSA) is 66.6 Å². The van der Waals surface area contributed by atoms with Crippen LogP contribution < -0.4 is 5.73 Å². The van der Waals surface area contributed by atoms with Gasteiger partial charge in [-0.3, -0.25) is 10.0 Å². The number of nitrogens with zero attached hydrogens (tertiary/aromatic N) is 1. The van der Waals surface area contributed by atoms with E-state index in [4.69, 9.17) is 5.73 Å². The molecule has 0 bridgehead atoms. The van der Waals surface area contributed by atoms with E-state index in [0.717, 1.165) is 12.8 Å². The molecular weight excluding hydrogens is 192 g/mol. The monoisotopic (exact) mass is 214 g/mol. The van der Waals surface area contributed by atoms with Crippen LogP contribution in [0.15, 0.2) is 12.2 Å². The molecule has 1 amide bonds. The molecule has 0 heterocycles. The minimum absolute atomic E-state index is 0.300. The third kappa shape index (κ3) is 8.15. The zero-order valence-electron chi connectivity index (χ0n) is 9.48. The molecule has 0 atom stereocenters. The van der Waals surface area contributed by atoms with Crippen LogP contribution in [-0.2, 0) is 4.79 Å². The van der Waals surface area contributed by atoms with Gasteiger partial charge in [0.25, 0.3) is 5.91 Å². The van der Waals surface area contributed by atoms with Crippen molar-refractivity contribution in [3.8, 4) is 0 Å². The van der Waals surface area contributed by atoms with Crippen molar-refractivity contribution in [3.05, 3.63) is 12.2 Å². The average molecular weight is 214 g/mol. The Hall–Kier alpha value is -0.870. The molecule has 0 rings (SSSR count). The van der Waals surface area contributed by atoms with Crippen molar-refractivity contribution in [3.63, 3.8) is 0 Å². The predicted molar refractivity (Wildman–Crippen MR) is 60.5 cm³/mol. The SMILES string of the molecule is CCCCC/C=C/C(=O)N(O)CCCN. The zero-order chi connectivity index (χ0) is 11.5. The van der Waals surface area contributed by atoms with Gasteiger partial charge in [0, 0.05) is 12.6 Å². The minimum atomic E-state index is -0.361. The van der Waals surface area contributed by atoms with Crippen molar-refractivity contribution >= 4 is 5.91 Å². The highest BCUT2D eigenvalue weighted by molar-refractivity contribution is 5.86. The molecule has 0 unspecified atom stereocenters. The standard InChI is InChI=1S/C11H22N2O2/c1-2-3-4-5-6-8-11(14)13(15)10-7-9-12/h6,8,15H,2-5,7,9-10,12H2,1H3/b8-6+. The molecule has 0 saturated heterocycles. The highest BCUT2D eigenvalue weighted by Gasteiger charge is 2.04. The lowest BCUT2D eigenvalue weighted by molar-refractivity contribution is -0.159. The second-order valence-electron chi connectivity index (χ2n) is 3.50. The van der Waals surface area contributed by atoms with Crippen LogP contribution in [0.3, 0.4) is 0 Å². The number of hydroxylamine groups is 2. The van der Waals surface area contributed by atoms with Crippen LogP contribution in [0.2, 0.25) is 0 Å². The van der Waals surface area contributed by atoms with E-state index in [1.54, 1.807) is 0 Å². The number of unbranched alkanes of at least 4 members (excludes halogenated alkanes) is 3. The normalized spacial score (nSPS) is 10.9. The number of carbonyl (C=O) groups is 1. The Labute approximate surface area is 91.7 Å². The number of rotatable bonds is 8. The molecular formula is C11H22N2O2. The van der Waals surface area contributed by atoms with Crippen molar-refractivity contribution < 1.29 is 10.0 Å². The third-order valence-electron chi connectivity index (χ3n) is 2.06. The summed E-state index contributed by atoms with van der Waals surface area (Å²) in [5, 5.41) is 9.94. The summed E-state index contributed by atoms with van der Waals surface area (Å²) in [5.74, 6) is -0.361. The van der Waals surface area contributed by atoms with Crippen molar-refractivity contribution in [2.75, 3.05) is 13.1 Å². The highest BCUT2D eigenvalue weighted by atomic mass is 16.5. The third-order valence-corrected chi connectivity index (χ3v) is 2.06. The van der Waals surface area contributed by atoms with Crippen molar-refractivity contribution in [2.45, 2.75) is 39.0 Å². The molecule has 0 spiro atoms. The van der Waals surface area contributed by atoms with Gasteiger partial charge in [-0.1, -0.05) is 25.8 Å². The van der Waals surface area contributed by atoms with Gasteiger partial charge >= 0.3 is 0 Å². The van der Waals surface area contributed by atoms with Crippen molar-refractivity contribution in [2.24, 2.45) is 5.73 Å². The van der Waals surface area contributed by atoms with Gasteiger partial charge in [-0.15, -0.1) is 0 Å². The lowest BCUT2D eigenvalue weighted by Gasteiger charge is -2.11. The molecule has 0 aliphatic carbocycles. The molecule has 4 heteroatoms. The number of hydrogen-bond acceptors (Lipinski definition) is 3. The van der Waals surface area contributed by atoms with E-state index in [2.05, 4.69) is 6.92 Å². The van der Waals surface area contributed by atoms with Crippen LogP contribution in [0.5, 0.6) is 0 Å². The van der Waals surface area contributed by atoms with Gasteiger partial charge in [-0.25, -0.2) is 5.06 Å². The van der Waals surface area contributed by atoms with E-state index >= 15 is 0 Å². The molecule has 0 aromatic rings. The van der Waals surface area contributed by atoms with Crippen LogP contribution in [0.1, 0.15) is 39.0 Å². The first-order valence-corrected chi connectivity index (χ1v) is 5.59. The summed E-state index contributed by atoms with van der Waals surface area (Å²) < 4.78 is 0. The summed E-state index contributed by atoms with van der Waals surface area (Å²) in [6.45, 7) is 2.91. The molecule has 4 nitrogen and oxygen atoms in total. The number of nitrogens with two attached hydrogens (primary N) is 1. The molecule has 0 aromatic carbocycles. The molecule has 0 saturated carbocycles. The second-order valence-corrected chi connectivity index (χ2v) is 3.50. The fraction of sp³-hybridized carbons (Fsp3) is 0.727. The highest BCUT2D eigenvalue weighted by Crippen LogP contribution is 2.00. The average Bonchev–Trinajstić information content (AvgIpc) is 2.25. The first-order valence-electron chi connectivity index (χ1n) is 5.59. The van der Waals surface area contributed by atoms with Crippen molar-refractivity contribution in [1.29, 1.82) is 0 Å². The summed E-state index contributed by atoms with van der Waals surface area (Å²) in [6, 6.07) is 0. The summed E-state index contributed by atoms with van der Waals surface area (Å²) in [7, 11) is 0. The number of carbonyl (C=O) groups excluding carboxylic acids is 1. The lowest BCUT2D eigenvalue weighted by atomic mass is 10.2. The zero-order valence-corrected chi connectivity index (χ0v) is 9.48. The summed E-state index contributed by atoms with van der Waals surface area (Å²) in [5.41, 5.74) is 5.26. The Balaban J connectivity index is 3.61. The fourth-order valence-electron chi connectivity index (χ4n) is 1.13. The predicted octanol–water partition coefficient (Wildman–Crippen LogP) is 1.69. The molecule has 0 fully saturated rings. The van der Waals surface area contributed by atoms with Crippen LogP contribution >= 0.6 is 0 Å². The Morgan fingerprint density at radius 3 is 2.73 bits per heavy atom. The quantitative estimate of drug-likeness (QED) is 0.280. The van der Waals surface area contributed by atoms with Crippen LogP contribution in [0, 0.1) is 0 Å². The minimum Gasteiger partial charge on any atom is -0.330 e. The van der Waals surface area contributed by atoms with Crippen LogP contribution in [-0.4, -0.2) is 29.3 Å². The van der Waals surface area contributed by atoms with E-state index in [-0.39, 0.29) is 5.91 Å². The van der Waals surface area contributed by atoms with E-state index in [0.29, 0.717) is 24.6 Å². The molecule has 0 aliphatic heterocycles. The lowest BCUT2D eigenvalue weighted by Crippen LogP contribution is -2.27. The van der Waals surface area contributed by atoms with E-state index in [1.807, 2.05) is 6.08 Å². The molecule has 15 heavy (non-hydrogen) atoms. The van der Waals surface area contributed by atoms with Gasteiger partial charge in [0.2, 0.25) is 0 Å². The van der Waals surface area contributed by atoms with E-state index < -0.39 is 0 Å². The van der Waals surface area contributed by atoms with Gasteiger partial charge in [0.1, 0.15) is 0 Å². The maximum Gasteiger partial charge on any atom is 0.269 e. The molecule has 0 aromatic heterocycles. The molecule has 0 aliphatic rings. The molecule has 88 valence electrons. The van der Waals surface area contributed by atoms with E-state index in [1.165, 1.54) is 18.9 Å². The maximum atomic E-state index is 11.2. The number of hydrogen-bond donors (Lipinski definition) is 2. The fourth-order valence-corrected chi connectivity index (χ4v) is 1.13. The maximum absolute atomic E-state index is 11.2. The molecule has 3 N–H and O–H groups in total. The summed E-state index contributed by atoms with van der Waals surface area (Å²) >= 11 is 0. The number of allylic oxidation sites excluding steroid dienone is 1.